The van der Waals surface area contributed by atoms with E-state index in [9.17, 15) is 0 Å². The molecule has 0 fully saturated rings. The fourth-order valence-electron chi connectivity index (χ4n) is 2.08. The highest BCUT2D eigenvalue weighted by Crippen LogP contribution is 2.25. The Morgan fingerprint density at radius 2 is 1.86 bits per heavy atom. The molecule has 2 rings (SSSR count). The highest BCUT2D eigenvalue weighted by molar-refractivity contribution is 7.80. The predicted octanol–water partition coefficient (Wildman–Crippen LogP) is 5.30. The van der Waals surface area contributed by atoms with Crippen LogP contribution in [-0.4, -0.2) is 11.2 Å². The van der Waals surface area contributed by atoms with Crippen molar-refractivity contribution in [3.05, 3.63) is 64.1 Å². The Balaban J connectivity index is 1.82. The van der Waals surface area contributed by atoms with E-state index in [0.29, 0.717) is 20.8 Å². The monoisotopic (exact) mass is 352 g/mol. The first-order valence-electron chi connectivity index (χ1n) is 7.11. The average Bonchev–Trinajstić information content (AvgIpc) is 2.50. The summed E-state index contributed by atoms with van der Waals surface area (Å²) in [7, 11) is 0. The van der Waals surface area contributed by atoms with Crippen molar-refractivity contribution in [3.8, 4) is 0 Å². The molecule has 2 aromatic rings. The molecule has 2 aromatic carbocycles. The minimum Gasteiger partial charge on any atom is -0.360 e. The van der Waals surface area contributed by atoms with E-state index in [2.05, 4.69) is 41.8 Å². The lowest BCUT2D eigenvalue weighted by molar-refractivity contribution is 0.609. The number of aryl methyl sites for hydroxylation is 1. The Labute approximate surface area is 146 Å². The number of benzene rings is 2. The van der Waals surface area contributed by atoms with Crippen LogP contribution in [0, 0.1) is 0 Å². The summed E-state index contributed by atoms with van der Waals surface area (Å²) in [4.78, 5) is 0. The molecule has 0 aliphatic rings. The summed E-state index contributed by atoms with van der Waals surface area (Å²) >= 11 is 17.4. The standard InChI is InChI=1S/C17H18Cl2N2S/c1-12(7-8-13-5-3-2-4-6-13)20-17(22)21-16-11-14(18)9-10-15(16)19/h2-6,9-12H,7-8H2,1H3,(H2,20,21,22). The van der Waals surface area contributed by atoms with E-state index in [1.165, 1.54) is 5.56 Å². The van der Waals surface area contributed by atoms with Crippen molar-refractivity contribution in [3.63, 3.8) is 0 Å². The number of thiocarbonyl (C=S) groups is 1. The summed E-state index contributed by atoms with van der Waals surface area (Å²) in [5, 5.41) is 8.10. The van der Waals surface area contributed by atoms with Gasteiger partial charge in [0.2, 0.25) is 0 Å². The zero-order chi connectivity index (χ0) is 15.9. The van der Waals surface area contributed by atoms with Crippen molar-refractivity contribution >= 4 is 46.2 Å². The number of halogens is 2. The van der Waals surface area contributed by atoms with Crippen LogP contribution in [0.2, 0.25) is 10.0 Å². The molecule has 0 spiro atoms. The number of anilines is 1. The maximum atomic E-state index is 6.11. The Kier molecular flexibility index (Phi) is 6.49. The summed E-state index contributed by atoms with van der Waals surface area (Å²) in [6.07, 6.45) is 2.00. The van der Waals surface area contributed by atoms with Crippen LogP contribution in [0.1, 0.15) is 18.9 Å². The Morgan fingerprint density at radius 3 is 2.59 bits per heavy atom. The van der Waals surface area contributed by atoms with Crippen LogP contribution >= 0.6 is 35.4 Å². The van der Waals surface area contributed by atoms with Gasteiger partial charge >= 0.3 is 0 Å². The van der Waals surface area contributed by atoms with Crippen molar-refractivity contribution in [2.24, 2.45) is 0 Å². The second-order valence-corrected chi connectivity index (χ2v) is 6.40. The van der Waals surface area contributed by atoms with Crippen molar-refractivity contribution in [2.45, 2.75) is 25.8 Å². The highest BCUT2D eigenvalue weighted by Gasteiger charge is 2.07. The summed E-state index contributed by atoms with van der Waals surface area (Å²) in [5.74, 6) is 0. The molecule has 116 valence electrons. The maximum Gasteiger partial charge on any atom is 0.171 e. The van der Waals surface area contributed by atoms with Crippen molar-refractivity contribution in [1.82, 2.24) is 5.32 Å². The number of rotatable bonds is 5. The van der Waals surface area contributed by atoms with Crippen molar-refractivity contribution in [1.29, 1.82) is 0 Å². The number of nitrogens with one attached hydrogen (secondary N) is 2. The zero-order valence-corrected chi connectivity index (χ0v) is 14.6. The Morgan fingerprint density at radius 1 is 1.14 bits per heavy atom. The molecule has 1 unspecified atom stereocenters. The molecule has 2 N–H and O–H groups in total. The Hall–Kier alpha value is -1.29. The second-order valence-electron chi connectivity index (χ2n) is 5.15. The van der Waals surface area contributed by atoms with Gasteiger partial charge in [-0.25, -0.2) is 0 Å². The van der Waals surface area contributed by atoms with Crippen molar-refractivity contribution in [2.75, 3.05) is 5.32 Å². The summed E-state index contributed by atoms with van der Waals surface area (Å²) in [6.45, 7) is 2.11. The SMILES string of the molecule is CC(CCc1ccccc1)NC(=S)Nc1cc(Cl)ccc1Cl. The van der Waals surface area contributed by atoms with Crippen LogP contribution in [-0.2, 0) is 6.42 Å². The summed E-state index contributed by atoms with van der Waals surface area (Å²) in [6, 6.07) is 15.9. The first kappa shape index (κ1) is 17.1. The van der Waals surface area contributed by atoms with Gasteiger partial charge in [0, 0.05) is 11.1 Å². The van der Waals surface area contributed by atoms with E-state index >= 15 is 0 Å². The molecular formula is C17H18Cl2N2S. The molecular weight excluding hydrogens is 335 g/mol. The van der Waals surface area contributed by atoms with E-state index in [-0.39, 0.29) is 6.04 Å². The molecule has 0 saturated heterocycles. The van der Waals surface area contributed by atoms with Crippen LogP contribution in [0.3, 0.4) is 0 Å². The summed E-state index contributed by atoms with van der Waals surface area (Å²) < 4.78 is 0. The van der Waals surface area contributed by atoms with Crippen LogP contribution < -0.4 is 10.6 Å². The van der Waals surface area contributed by atoms with Gasteiger partial charge in [0.05, 0.1) is 10.7 Å². The zero-order valence-electron chi connectivity index (χ0n) is 12.3. The topological polar surface area (TPSA) is 24.1 Å². The van der Waals surface area contributed by atoms with Gasteiger partial charge in [-0.15, -0.1) is 0 Å². The van der Waals surface area contributed by atoms with E-state index in [0.717, 1.165) is 12.8 Å². The largest absolute Gasteiger partial charge is 0.360 e. The molecule has 0 amide bonds. The minimum atomic E-state index is 0.262. The van der Waals surface area contributed by atoms with E-state index in [1.54, 1.807) is 18.2 Å². The molecule has 5 heteroatoms. The minimum absolute atomic E-state index is 0.262. The number of hydrogen-bond donors (Lipinski definition) is 2. The molecule has 22 heavy (non-hydrogen) atoms. The van der Waals surface area contributed by atoms with Crippen molar-refractivity contribution < 1.29 is 0 Å². The fraction of sp³-hybridized carbons (Fsp3) is 0.235. The van der Waals surface area contributed by atoms with Crippen LogP contribution in [0.25, 0.3) is 0 Å². The van der Waals surface area contributed by atoms with Crippen LogP contribution in [0.4, 0.5) is 5.69 Å². The molecule has 1 atom stereocenters. The normalized spacial score (nSPS) is 11.8. The summed E-state index contributed by atoms with van der Waals surface area (Å²) in [5.41, 5.74) is 2.04. The molecule has 0 aliphatic heterocycles. The van der Waals surface area contributed by atoms with Crippen LogP contribution in [0.15, 0.2) is 48.5 Å². The van der Waals surface area contributed by atoms with Gasteiger partial charge in [0.1, 0.15) is 0 Å². The van der Waals surface area contributed by atoms with Gasteiger partial charge in [-0.3, -0.25) is 0 Å². The van der Waals surface area contributed by atoms with Gasteiger partial charge in [-0.05, 0) is 55.7 Å². The fourth-order valence-corrected chi connectivity index (χ4v) is 2.72. The quantitative estimate of drug-likeness (QED) is 0.713. The van der Waals surface area contributed by atoms with E-state index in [4.69, 9.17) is 35.4 Å². The van der Waals surface area contributed by atoms with E-state index in [1.807, 2.05) is 6.07 Å². The van der Waals surface area contributed by atoms with Gasteiger partial charge in [0.25, 0.3) is 0 Å². The lowest BCUT2D eigenvalue weighted by Crippen LogP contribution is -2.36. The van der Waals surface area contributed by atoms with Gasteiger partial charge in [-0.2, -0.15) is 0 Å². The molecule has 0 bridgehead atoms. The highest BCUT2D eigenvalue weighted by atomic mass is 35.5. The third kappa shape index (κ3) is 5.48. The molecule has 2 nitrogen and oxygen atoms in total. The third-order valence-corrected chi connectivity index (χ3v) is 4.05. The number of hydrogen-bond acceptors (Lipinski definition) is 1. The first-order valence-corrected chi connectivity index (χ1v) is 8.27. The smallest absolute Gasteiger partial charge is 0.171 e. The third-order valence-electron chi connectivity index (χ3n) is 3.26. The molecule has 0 radical (unpaired) electrons. The Bertz CT molecular complexity index is 632. The van der Waals surface area contributed by atoms with E-state index < -0.39 is 0 Å². The lowest BCUT2D eigenvalue weighted by atomic mass is 10.1. The molecule has 0 aliphatic carbocycles. The predicted molar refractivity (Wildman–Crippen MR) is 100 cm³/mol. The van der Waals surface area contributed by atoms with Gasteiger partial charge in [0.15, 0.2) is 5.11 Å². The molecule has 0 heterocycles. The lowest BCUT2D eigenvalue weighted by Gasteiger charge is -2.17. The molecule has 0 aromatic heterocycles. The average molecular weight is 353 g/mol. The second kappa shape index (κ2) is 8.37. The van der Waals surface area contributed by atoms with Gasteiger partial charge in [-0.1, -0.05) is 53.5 Å². The molecule has 0 saturated carbocycles. The maximum absolute atomic E-state index is 6.11. The van der Waals surface area contributed by atoms with Crippen LogP contribution in [0.5, 0.6) is 0 Å². The first-order chi connectivity index (χ1) is 10.5. The van der Waals surface area contributed by atoms with Gasteiger partial charge < -0.3 is 10.6 Å².